The van der Waals surface area contributed by atoms with Crippen LogP contribution in [0.4, 0.5) is 34.1 Å². The van der Waals surface area contributed by atoms with Crippen molar-refractivity contribution in [2.24, 2.45) is 0 Å². The largest absolute Gasteiger partial charge is 0.310 e. The number of anilines is 6. The number of benzene rings is 10. The lowest BCUT2D eigenvalue weighted by Gasteiger charge is -2.34. The molecule has 0 radical (unpaired) electrons. The molecule has 0 saturated heterocycles. The SMILES string of the molecule is Cc1ccc(-c2ccccc2)cc1N(c1ccccc1)c1cc(N(c2ccccc2)c2cc(-c3ccccc3)ccc2C)c2ccc3cc(S(C)(C)C)cc4ccc1c2c43. The second-order valence-corrected chi connectivity index (χ2v) is 20.8. The van der Waals surface area contributed by atoms with E-state index in [9.17, 15) is 0 Å². The summed E-state index contributed by atoms with van der Waals surface area (Å²) in [4.78, 5) is 6.42. The molecular weight excluding hydrogens is 745 g/mol. The van der Waals surface area contributed by atoms with Crippen LogP contribution < -0.4 is 9.80 Å². The summed E-state index contributed by atoms with van der Waals surface area (Å²) in [6.07, 6.45) is 7.18. The highest BCUT2D eigenvalue weighted by Gasteiger charge is 2.26. The maximum Gasteiger partial charge on any atom is 0.0561 e. The molecule has 0 aliphatic heterocycles. The van der Waals surface area contributed by atoms with Crippen molar-refractivity contribution in [2.45, 2.75) is 18.7 Å². The van der Waals surface area contributed by atoms with Gasteiger partial charge in [-0.1, -0.05) is 146 Å². The van der Waals surface area contributed by atoms with Crippen LogP contribution in [0.5, 0.6) is 0 Å². The Bertz CT molecular complexity index is 2930. The molecule has 0 atom stereocenters. The lowest BCUT2D eigenvalue weighted by atomic mass is 9.91. The summed E-state index contributed by atoms with van der Waals surface area (Å²) in [5.41, 5.74) is 14.0. The molecule has 0 saturated carbocycles. The van der Waals surface area contributed by atoms with Crippen molar-refractivity contribution in [1.82, 2.24) is 0 Å². The van der Waals surface area contributed by atoms with Crippen molar-refractivity contribution in [2.75, 3.05) is 28.6 Å². The maximum absolute atomic E-state index is 2.50. The van der Waals surface area contributed by atoms with Crippen LogP contribution in [-0.2, 0) is 0 Å². The Hall–Kier alpha value is -6.81. The van der Waals surface area contributed by atoms with Gasteiger partial charge in [0, 0.05) is 38.9 Å². The summed E-state index contributed by atoms with van der Waals surface area (Å²) in [6.45, 7) is 4.48. The molecule has 10 aromatic rings. The van der Waals surface area contributed by atoms with Gasteiger partial charge in [0.2, 0.25) is 0 Å². The van der Waals surface area contributed by atoms with Crippen LogP contribution >= 0.6 is 10.0 Å². The number of nitrogens with zero attached hydrogens (tertiary/aromatic N) is 2. The lowest BCUT2D eigenvalue weighted by molar-refractivity contribution is 1.24. The Morgan fingerprint density at radius 1 is 0.333 bits per heavy atom. The van der Waals surface area contributed by atoms with Crippen LogP contribution in [0.1, 0.15) is 11.1 Å². The van der Waals surface area contributed by atoms with E-state index in [4.69, 9.17) is 0 Å². The molecule has 0 bridgehead atoms. The first-order valence-corrected chi connectivity index (χ1v) is 23.6. The monoisotopic (exact) mass is 792 g/mol. The second kappa shape index (κ2) is 15.1. The minimum absolute atomic E-state index is 0.961. The van der Waals surface area contributed by atoms with Crippen LogP contribution in [0.3, 0.4) is 0 Å². The summed E-state index contributed by atoms with van der Waals surface area (Å²) in [5.74, 6) is 0. The Morgan fingerprint density at radius 2 is 0.733 bits per heavy atom. The molecule has 0 unspecified atom stereocenters. The zero-order valence-corrected chi connectivity index (χ0v) is 35.7. The third-order valence-corrected chi connectivity index (χ3v) is 13.6. The van der Waals surface area contributed by atoms with Gasteiger partial charge in [0.05, 0.1) is 11.4 Å². The smallest absolute Gasteiger partial charge is 0.0561 e. The van der Waals surface area contributed by atoms with Gasteiger partial charge < -0.3 is 9.80 Å². The molecule has 0 heterocycles. The first kappa shape index (κ1) is 37.5. The van der Waals surface area contributed by atoms with Crippen LogP contribution in [0, 0.1) is 13.8 Å². The quantitative estimate of drug-likeness (QED) is 0.134. The van der Waals surface area contributed by atoms with Gasteiger partial charge in [-0.25, -0.2) is 10.0 Å². The Morgan fingerprint density at radius 3 is 1.13 bits per heavy atom. The van der Waals surface area contributed by atoms with E-state index in [1.165, 1.54) is 70.6 Å². The average molecular weight is 793 g/mol. The topological polar surface area (TPSA) is 6.48 Å². The molecule has 0 fully saturated rings. The molecule has 10 aromatic carbocycles. The molecule has 0 spiro atoms. The number of rotatable bonds is 9. The molecule has 0 aliphatic rings. The van der Waals surface area contributed by atoms with Crippen molar-refractivity contribution >= 4 is 76.5 Å². The highest BCUT2D eigenvalue weighted by molar-refractivity contribution is 8.32. The molecule has 3 heteroatoms. The van der Waals surface area contributed by atoms with Gasteiger partial charge in [0.25, 0.3) is 0 Å². The second-order valence-electron chi connectivity index (χ2n) is 16.7. The summed E-state index contributed by atoms with van der Waals surface area (Å²) in [6, 6.07) is 73.9. The van der Waals surface area contributed by atoms with Crippen molar-refractivity contribution in [3.8, 4) is 22.3 Å². The maximum atomic E-state index is 2.50. The third kappa shape index (κ3) is 6.66. The summed E-state index contributed by atoms with van der Waals surface area (Å²) in [5, 5.41) is 7.61. The number of hydrogen-bond donors (Lipinski definition) is 0. The van der Waals surface area contributed by atoms with E-state index < -0.39 is 10.0 Å². The summed E-state index contributed by atoms with van der Waals surface area (Å²) in [7, 11) is -0.961. The fraction of sp³-hybridized carbons (Fsp3) is 0.0877. The fourth-order valence-electron chi connectivity index (χ4n) is 8.86. The molecule has 0 aromatic heterocycles. The molecule has 0 N–H and O–H groups in total. The van der Waals surface area contributed by atoms with Gasteiger partial charge in [0.1, 0.15) is 0 Å². The van der Waals surface area contributed by atoms with Gasteiger partial charge in [-0.05, 0) is 142 Å². The lowest BCUT2D eigenvalue weighted by Crippen LogP contribution is -2.16. The van der Waals surface area contributed by atoms with E-state index >= 15 is 0 Å². The van der Waals surface area contributed by atoms with Crippen LogP contribution in [0.15, 0.2) is 205 Å². The van der Waals surface area contributed by atoms with Gasteiger partial charge in [-0.15, -0.1) is 0 Å². The van der Waals surface area contributed by atoms with Gasteiger partial charge in [0.15, 0.2) is 0 Å². The molecule has 10 rings (SSSR count). The number of hydrogen-bond acceptors (Lipinski definition) is 2. The normalized spacial score (nSPS) is 12.0. The summed E-state index contributed by atoms with van der Waals surface area (Å²) >= 11 is 0. The standard InChI is InChI=1S/C57H48N2S/c1-39-26-28-43(41-18-10-6-11-19-41)36-52(39)58(47-22-14-8-15-23-47)54-38-55(51-33-31-46-35-49(60(3,4)5)34-45-30-32-50(54)57(51)56(45)46)59(48-24-16-9-17-25-48)53-37-44(29-27-40(53)2)42-20-12-7-13-21-42/h6-38H,1-5H3. The van der Waals surface area contributed by atoms with Crippen molar-refractivity contribution in [3.63, 3.8) is 0 Å². The number of para-hydroxylation sites is 2. The Labute approximate surface area is 355 Å². The molecular formula is C57H48N2S. The van der Waals surface area contributed by atoms with E-state index in [0.29, 0.717) is 0 Å². The Kier molecular flexibility index (Phi) is 9.42. The minimum Gasteiger partial charge on any atom is -0.310 e. The number of aryl methyl sites for hydroxylation is 2. The van der Waals surface area contributed by atoms with Gasteiger partial charge in [-0.3, -0.25) is 0 Å². The van der Waals surface area contributed by atoms with E-state index in [-0.39, 0.29) is 0 Å². The zero-order valence-electron chi connectivity index (χ0n) is 34.9. The van der Waals surface area contributed by atoms with Gasteiger partial charge >= 0.3 is 0 Å². The van der Waals surface area contributed by atoms with Crippen molar-refractivity contribution < 1.29 is 0 Å². The van der Waals surface area contributed by atoms with Gasteiger partial charge in [-0.2, -0.15) is 0 Å². The van der Waals surface area contributed by atoms with E-state index in [0.717, 1.165) is 34.1 Å². The molecule has 2 nitrogen and oxygen atoms in total. The zero-order chi connectivity index (χ0) is 41.0. The first-order valence-electron chi connectivity index (χ1n) is 20.7. The van der Waals surface area contributed by atoms with Crippen molar-refractivity contribution in [1.29, 1.82) is 0 Å². The van der Waals surface area contributed by atoms with Crippen LogP contribution in [0.2, 0.25) is 0 Å². The van der Waals surface area contributed by atoms with Crippen molar-refractivity contribution in [3.05, 3.63) is 211 Å². The first-order chi connectivity index (χ1) is 29.2. The average Bonchev–Trinajstić information content (AvgIpc) is 3.28. The predicted octanol–water partition coefficient (Wildman–Crippen LogP) is 16.5. The van der Waals surface area contributed by atoms with E-state index in [2.05, 4.69) is 243 Å². The van der Waals surface area contributed by atoms with E-state index in [1.54, 1.807) is 0 Å². The summed E-state index contributed by atoms with van der Waals surface area (Å²) < 4.78 is 0. The minimum atomic E-state index is -0.961. The molecule has 60 heavy (non-hydrogen) atoms. The predicted molar refractivity (Wildman–Crippen MR) is 263 cm³/mol. The molecule has 292 valence electrons. The molecule has 0 amide bonds. The fourth-order valence-corrected chi connectivity index (χ4v) is 9.83. The highest BCUT2D eigenvalue weighted by Crippen LogP contribution is 2.53. The van der Waals surface area contributed by atoms with Crippen LogP contribution in [0.25, 0.3) is 54.6 Å². The third-order valence-electron chi connectivity index (χ3n) is 12.0. The van der Waals surface area contributed by atoms with E-state index in [1.807, 2.05) is 0 Å². The highest BCUT2D eigenvalue weighted by atomic mass is 32.3. The Balaban J connectivity index is 1.34. The van der Waals surface area contributed by atoms with Crippen LogP contribution in [-0.4, -0.2) is 18.8 Å². The molecule has 0 aliphatic carbocycles.